The molecule has 1 aromatic heterocycles. The van der Waals surface area contributed by atoms with Gasteiger partial charge in [0.15, 0.2) is 5.78 Å². The van der Waals surface area contributed by atoms with Gasteiger partial charge in [0.25, 0.3) is 0 Å². The van der Waals surface area contributed by atoms with E-state index in [-0.39, 0.29) is 23.6 Å². The first kappa shape index (κ1) is 13.3. The quantitative estimate of drug-likeness (QED) is 0.693. The molecule has 4 nitrogen and oxygen atoms in total. The van der Waals surface area contributed by atoms with Crippen LogP contribution in [0.2, 0.25) is 0 Å². The number of aryl methyl sites for hydroxylation is 1. The first-order valence-electron chi connectivity index (χ1n) is 6.51. The molecule has 106 valence electrons. The smallest absolute Gasteiger partial charge is 0.295 e. The molecule has 0 aliphatic heterocycles. The maximum atomic E-state index is 13.2. The Bertz CT molecular complexity index is 893. The number of fused-ring (bicyclic) bond motifs is 1. The molecule has 0 unspecified atom stereocenters. The van der Waals surface area contributed by atoms with E-state index in [9.17, 15) is 14.0 Å². The van der Waals surface area contributed by atoms with E-state index >= 15 is 0 Å². The molecule has 0 fully saturated rings. The molecule has 0 atom stereocenters. The van der Waals surface area contributed by atoms with Gasteiger partial charge in [-0.15, -0.1) is 0 Å². The molecule has 0 N–H and O–H groups in total. The number of benzene rings is 2. The number of rotatable bonds is 3. The number of para-hydroxylation sites is 2. The van der Waals surface area contributed by atoms with Crippen molar-refractivity contribution in [2.24, 2.45) is 7.05 Å². The summed E-state index contributed by atoms with van der Waals surface area (Å²) < 4.78 is 16.1. The molecule has 0 amide bonds. The Labute approximate surface area is 120 Å². The van der Waals surface area contributed by atoms with E-state index in [2.05, 4.69) is 0 Å². The predicted molar refractivity (Wildman–Crippen MR) is 77.9 cm³/mol. The Balaban J connectivity index is 2.05. The van der Waals surface area contributed by atoms with Crippen LogP contribution >= 0.6 is 0 Å². The van der Waals surface area contributed by atoms with Crippen LogP contribution in [0.1, 0.15) is 10.4 Å². The topological polar surface area (TPSA) is 44.0 Å². The third-order valence-corrected chi connectivity index (χ3v) is 3.50. The maximum Gasteiger partial charge on any atom is 0.329 e. The first-order chi connectivity index (χ1) is 10.1. The zero-order chi connectivity index (χ0) is 15.0. The zero-order valence-corrected chi connectivity index (χ0v) is 11.4. The Kier molecular flexibility index (Phi) is 3.17. The third kappa shape index (κ3) is 2.27. The van der Waals surface area contributed by atoms with E-state index in [1.165, 1.54) is 27.3 Å². The van der Waals surface area contributed by atoms with Crippen LogP contribution in [0, 0.1) is 5.82 Å². The molecule has 21 heavy (non-hydrogen) atoms. The van der Waals surface area contributed by atoms with Gasteiger partial charge in [0.2, 0.25) is 0 Å². The minimum atomic E-state index is -0.467. The summed E-state index contributed by atoms with van der Waals surface area (Å²) in [6, 6.07) is 12.7. The van der Waals surface area contributed by atoms with Crippen molar-refractivity contribution in [2.45, 2.75) is 6.54 Å². The summed E-state index contributed by atoms with van der Waals surface area (Å²) in [6.45, 7) is -0.108. The number of Topliss-reactive ketones (excluding diaryl/α,β-unsaturated/α-hetero) is 1. The number of halogens is 1. The number of carbonyl (C=O) groups excluding carboxylic acids is 1. The summed E-state index contributed by atoms with van der Waals surface area (Å²) in [5.41, 5.74) is 1.44. The number of nitrogens with zero attached hydrogens (tertiary/aromatic N) is 2. The lowest BCUT2D eigenvalue weighted by molar-refractivity contribution is 0.0971. The van der Waals surface area contributed by atoms with E-state index < -0.39 is 5.82 Å². The fourth-order valence-corrected chi connectivity index (χ4v) is 2.41. The van der Waals surface area contributed by atoms with Gasteiger partial charge in [0.1, 0.15) is 5.82 Å². The van der Waals surface area contributed by atoms with E-state index in [1.54, 1.807) is 19.2 Å². The highest BCUT2D eigenvalue weighted by Gasteiger charge is 2.14. The molecule has 0 radical (unpaired) electrons. The average molecular weight is 284 g/mol. The van der Waals surface area contributed by atoms with Crippen molar-refractivity contribution < 1.29 is 9.18 Å². The highest BCUT2D eigenvalue weighted by molar-refractivity contribution is 5.96. The van der Waals surface area contributed by atoms with Crippen molar-refractivity contribution in [3.8, 4) is 0 Å². The largest absolute Gasteiger partial charge is 0.329 e. The highest BCUT2D eigenvalue weighted by Crippen LogP contribution is 2.13. The first-order valence-corrected chi connectivity index (χ1v) is 6.51. The summed E-state index contributed by atoms with van der Waals surface area (Å²) >= 11 is 0. The second-order valence-electron chi connectivity index (χ2n) is 4.85. The Morgan fingerprint density at radius 3 is 2.52 bits per heavy atom. The standard InChI is InChI=1S/C16H13FN2O2/c1-18-13-7-2-3-8-14(13)19(16(18)21)10-15(20)11-5-4-6-12(17)9-11/h2-9H,10H2,1H3. The van der Waals surface area contributed by atoms with E-state index in [1.807, 2.05) is 18.2 Å². The SMILES string of the molecule is Cn1c(=O)n(CC(=O)c2cccc(F)c2)c2ccccc21. The van der Waals surface area contributed by atoms with Crippen molar-refractivity contribution in [3.63, 3.8) is 0 Å². The van der Waals surface area contributed by atoms with Crippen molar-refractivity contribution in [3.05, 3.63) is 70.4 Å². The van der Waals surface area contributed by atoms with Gasteiger partial charge >= 0.3 is 5.69 Å². The lowest BCUT2D eigenvalue weighted by Crippen LogP contribution is -2.25. The molecule has 0 spiro atoms. The Hall–Kier alpha value is -2.69. The number of carbonyl (C=O) groups is 1. The van der Waals surface area contributed by atoms with Gasteiger partial charge in [-0.25, -0.2) is 9.18 Å². The van der Waals surface area contributed by atoms with Crippen LogP contribution < -0.4 is 5.69 Å². The van der Waals surface area contributed by atoms with Crippen LogP contribution in [-0.4, -0.2) is 14.9 Å². The van der Waals surface area contributed by atoms with Crippen LogP contribution in [-0.2, 0) is 13.6 Å². The molecule has 0 aliphatic carbocycles. The van der Waals surface area contributed by atoms with Gasteiger partial charge < -0.3 is 0 Å². The van der Waals surface area contributed by atoms with Gasteiger partial charge in [0, 0.05) is 12.6 Å². The average Bonchev–Trinajstić information content (AvgIpc) is 2.73. The molecular formula is C16H13FN2O2. The molecule has 0 bridgehead atoms. The van der Waals surface area contributed by atoms with Gasteiger partial charge in [-0.2, -0.15) is 0 Å². The number of hydrogen-bond donors (Lipinski definition) is 0. The highest BCUT2D eigenvalue weighted by atomic mass is 19.1. The van der Waals surface area contributed by atoms with Crippen LogP contribution in [0.3, 0.4) is 0 Å². The number of ketones is 1. The summed E-state index contributed by atoms with van der Waals surface area (Å²) in [4.78, 5) is 24.5. The zero-order valence-electron chi connectivity index (χ0n) is 11.4. The minimum absolute atomic E-state index is 0.108. The van der Waals surface area contributed by atoms with Crippen molar-refractivity contribution in [1.29, 1.82) is 0 Å². The normalized spacial score (nSPS) is 11.0. The van der Waals surface area contributed by atoms with E-state index in [4.69, 9.17) is 0 Å². The van der Waals surface area contributed by atoms with Gasteiger partial charge in [-0.05, 0) is 24.3 Å². The molecule has 0 aliphatic rings. The van der Waals surface area contributed by atoms with E-state index in [0.29, 0.717) is 5.52 Å². The summed E-state index contributed by atoms with van der Waals surface area (Å²) in [5.74, 6) is -0.765. The number of hydrogen-bond acceptors (Lipinski definition) is 2. The molecular weight excluding hydrogens is 271 g/mol. The van der Waals surface area contributed by atoms with Crippen LogP contribution in [0.4, 0.5) is 4.39 Å². The molecule has 5 heteroatoms. The summed E-state index contributed by atoms with van der Waals surface area (Å²) in [5, 5.41) is 0. The molecule has 0 saturated carbocycles. The third-order valence-electron chi connectivity index (χ3n) is 3.50. The van der Waals surface area contributed by atoms with Gasteiger partial charge in [-0.1, -0.05) is 24.3 Å². The molecule has 2 aromatic carbocycles. The fourth-order valence-electron chi connectivity index (χ4n) is 2.41. The summed E-state index contributed by atoms with van der Waals surface area (Å²) in [7, 11) is 1.66. The Morgan fingerprint density at radius 1 is 1.10 bits per heavy atom. The summed E-state index contributed by atoms with van der Waals surface area (Å²) in [6.07, 6.45) is 0. The van der Waals surface area contributed by atoms with E-state index in [0.717, 1.165) is 5.52 Å². The van der Waals surface area contributed by atoms with Crippen LogP contribution in [0.15, 0.2) is 53.3 Å². The second-order valence-corrected chi connectivity index (χ2v) is 4.85. The maximum absolute atomic E-state index is 13.2. The second kappa shape index (κ2) is 5.01. The predicted octanol–water partition coefficient (Wildman–Crippen LogP) is 2.36. The minimum Gasteiger partial charge on any atom is -0.295 e. The molecule has 1 heterocycles. The lowest BCUT2D eigenvalue weighted by Gasteiger charge is -2.03. The van der Waals surface area contributed by atoms with Crippen LogP contribution in [0.5, 0.6) is 0 Å². The fraction of sp³-hybridized carbons (Fsp3) is 0.125. The molecule has 3 rings (SSSR count). The molecule has 3 aromatic rings. The van der Waals surface area contributed by atoms with Gasteiger partial charge in [-0.3, -0.25) is 13.9 Å². The number of imidazole rings is 1. The Morgan fingerprint density at radius 2 is 1.81 bits per heavy atom. The lowest BCUT2D eigenvalue weighted by atomic mass is 10.1. The monoisotopic (exact) mass is 284 g/mol. The van der Waals surface area contributed by atoms with Crippen LogP contribution in [0.25, 0.3) is 11.0 Å². The van der Waals surface area contributed by atoms with Gasteiger partial charge in [0.05, 0.1) is 17.6 Å². The number of aromatic nitrogens is 2. The van der Waals surface area contributed by atoms with Crippen molar-refractivity contribution >= 4 is 16.8 Å². The van der Waals surface area contributed by atoms with Crippen molar-refractivity contribution in [2.75, 3.05) is 0 Å². The molecule has 0 saturated heterocycles. The van der Waals surface area contributed by atoms with Crippen molar-refractivity contribution in [1.82, 2.24) is 9.13 Å².